The van der Waals surface area contributed by atoms with Gasteiger partial charge >= 0.3 is 0 Å². The topological polar surface area (TPSA) is 76.2 Å². The molecular weight excluding hydrogens is 220 g/mol. The average Bonchev–Trinajstić information content (AvgIpc) is 2.64. The van der Waals surface area contributed by atoms with Crippen molar-refractivity contribution in [2.45, 2.75) is 19.8 Å². The number of carbonyl (C=O) groups is 1. The molecule has 0 spiro atoms. The molecule has 2 aromatic rings. The van der Waals surface area contributed by atoms with Gasteiger partial charge in [0, 0.05) is 0 Å². The van der Waals surface area contributed by atoms with Crippen LogP contribution < -0.4 is 0 Å². The van der Waals surface area contributed by atoms with Crippen LogP contribution in [-0.4, -0.2) is 21.0 Å². The third-order valence-electron chi connectivity index (χ3n) is 2.18. The summed E-state index contributed by atoms with van der Waals surface area (Å²) < 4.78 is 5.01. The Balaban J connectivity index is 2.08. The first kappa shape index (κ1) is 11.3. The molecule has 0 unspecified atom stereocenters. The van der Waals surface area contributed by atoms with E-state index in [9.17, 15) is 9.90 Å². The molecule has 0 aliphatic rings. The normalized spacial score (nSPS) is 10.4. The van der Waals surface area contributed by atoms with E-state index in [2.05, 4.69) is 10.1 Å². The van der Waals surface area contributed by atoms with E-state index in [1.165, 1.54) is 6.92 Å². The van der Waals surface area contributed by atoms with Crippen LogP contribution in [-0.2, 0) is 17.6 Å². The summed E-state index contributed by atoms with van der Waals surface area (Å²) in [7, 11) is 0. The molecule has 0 atom stereocenters. The fraction of sp³-hybridized carbons (Fsp3) is 0.250. The molecule has 0 aliphatic carbocycles. The van der Waals surface area contributed by atoms with Gasteiger partial charge in [0.1, 0.15) is 11.5 Å². The number of phenols is 1. The number of rotatable bonds is 4. The number of carbonyl (C=O) groups excluding carboxylic acids is 1. The van der Waals surface area contributed by atoms with Crippen molar-refractivity contribution in [1.82, 2.24) is 10.1 Å². The van der Waals surface area contributed by atoms with Gasteiger partial charge < -0.3 is 9.63 Å². The van der Waals surface area contributed by atoms with Crippen molar-refractivity contribution in [1.29, 1.82) is 0 Å². The molecule has 5 nitrogen and oxygen atoms in total. The number of aromatic hydroxyl groups is 1. The van der Waals surface area contributed by atoms with Gasteiger partial charge in [-0.25, -0.2) is 0 Å². The van der Waals surface area contributed by atoms with Crippen LogP contribution in [0.15, 0.2) is 28.8 Å². The number of hydrogen-bond acceptors (Lipinski definition) is 5. The predicted molar refractivity (Wildman–Crippen MR) is 59.6 cm³/mol. The molecule has 0 saturated carbocycles. The molecule has 2 rings (SSSR count). The highest BCUT2D eigenvalue weighted by Crippen LogP contribution is 2.14. The van der Waals surface area contributed by atoms with Crippen molar-refractivity contribution < 1.29 is 14.4 Å². The minimum atomic E-state index is -0.00490. The number of hydrogen-bond donors (Lipinski definition) is 1. The standard InChI is InChI=1S/C12H12N2O3/c1-8(15)5-11-13-12(17-14-11)7-9-3-2-4-10(16)6-9/h2-4,6,16H,5,7H2,1H3. The van der Waals surface area contributed by atoms with E-state index in [-0.39, 0.29) is 18.0 Å². The highest BCUT2D eigenvalue weighted by molar-refractivity contribution is 5.77. The van der Waals surface area contributed by atoms with Crippen molar-refractivity contribution in [3.63, 3.8) is 0 Å². The SMILES string of the molecule is CC(=O)Cc1noc(Cc2cccc(O)c2)n1. The maximum atomic E-state index is 10.9. The minimum Gasteiger partial charge on any atom is -0.508 e. The number of nitrogens with zero attached hydrogens (tertiary/aromatic N) is 2. The fourth-order valence-electron chi connectivity index (χ4n) is 1.50. The summed E-state index contributed by atoms with van der Waals surface area (Å²) in [6, 6.07) is 6.83. The molecule has 1 heterocycles. The summed E-state index contributed by atoms with van der Waals surface area (Å²) in [5, 5.41) is 13.0. The van der Waals surface area contributed by atoms with Gasteiger partial charge in [-0.1, -0.05) is 17.3 Å². The summed E-state index contributed by atoms with van der Waals surface area (Å²) >= 11 is 0. The van der Waals surface area contributed by atoms with Gasteiger partial charge in [0.05, 0.1) is 12.8 Å². The Hall–Kier alpha value is -2.17. The lowest BCUT2D eigenvalue weighted by atomic mass is 10.1. The van der Waals surface area contributed by atoms with E-state index in [0.29, 0.717) is 18.1 Å². The second-order valence-electron chi connectivity index (χ2n) is 3.83. The molecule has 0 fully saturated rings. The van der Waals surface area contributed by atoms with Crippen molar-refractivity contribution in [2.75, 3.05) is 0 Å². The van der Waals surface area contributed by atoms with Crippen molar-refractivity contribution in [2.24, 2.45) is 0 Å². The molecule has 88 valence electrons. The molecule has 1 N–H and O–H groups in total. The summed E-state index contributed by atoms with van der Waals surface area (Å²) in [6.07, 6.45) is 0.628. The van der Waals surface area contributed by atoms with Crippen LogP contribution in [0.3, 0.4) is 0 Å². The second kappa shape index (κ2) is 4.78. The van der Waals surface area contributed by atoms with Gasteiger partial charge in [-0.2, -0.15) is 4.98 Å². The van der Waals surface area contributed by atoms with Gasteiger partial charge in [0.15, 0.2) is 5.82 Å². The predicted octanol–water partition coefficient (Wildman–Crippen LogP) is 1.50. The third-order valence-corrected chi connectivity index (χ3v) is 2.18. The van der Waals surface area contributed by atoms with E-state index in [1.807, 2.05) is 6.07 Å². The molecule has 5 heteroatoms. The zero-order valence-electron chi connectivity index (χ0n) is 9.38. The largest absolute Gasteiger partial charge is 0.508 e. The lowest BCUT2D eigenvalue weighted by Crippen LogP contribution is -1.98. The monoisotopic (exact) mass is 232 g/mol. The zero-order valence-corrected chi connectivity index (χ0v) is 9.38. The lowest BCUT2D eigenvalue weighted by molar-refractivity contribution is -0.116. The smallest absolute Gasteiger partial charge is 0.231 e. The Labute approximate surface area is 98.1 Å². The molecule has 0 radical (unpaired) electrons. The molecular formula is C12H12N2O3. The van der Waals surface area contributed by atoms with Crippen LogP contribution in [0.25, 0.3) is 0 Å². The number of benzene rings is 1. The maximum Gasteiger partial charge on any atom is 0.231 e. The molecule has 0 saturated heterocycles. The minimum absolute atomic E-state index is 0.00490. The summed E-state index contributed by atoms with van der Waals surface area (Å²) in [4.78, 5) is 15.0. The van der Waals surface area contributed by atoms with Gasteiger partial charge in [-0.05, 0) is 24.6 Å². The summed E-state index contributed by atoms with van der Waals surface area (Å²) in [5.74, 6) is 1.03. The van der Waals surface area contributed by atoms with Crippen molar-refractivity contribution >= 4 is 5.78 Å². The average molecular weight is 232 g/mol. The van der Waals surface area contributed by atoms with Crippen LogP contribution in [0.5, 0.6) is 5.75 Å². The number of phenolic OH excluding ortho intramolecular Hbond substituents is 1. The Bertz CT molecular complexity index is 534. The second-order valence-corrected chi connectivity index (χ2v) is 3.83. The Morgan fingerprint density at radius 1 is 1.47 bits per heavy atom. The highest BCUT2D eigenvalue weighted by Gasteiger charge is 2.09. The van der Waals surface area contributed by atoms with E-state index in [0.717, 1.165) is 5.56 Å². The van der Waals surface area contributed by atoms with Gasteiger partial charge in [0.2, 0.25) is 5.89 Å². The fourth-order valence-corrected chi connectivity index (χ4v) is 1.50. The van der Waals surface area contributed by atoms with E-state index < -0.39 is 0 Å². The molecule has 1 aromatic heterocycles. The Kier molecular flexibility index (Phi) is 3.18. The van der Waals surface area contributed by atoms with E-state index >= 15 is 0 Å². The Morgan fingerprint density at radius 2 is 2.29 bits per heavy atom. The number of ketones is 1. The third kappa shape index (κ3) is 3.14. The van der Waals surface area contributed by atoms with Crippen LogP contribution in [0.4, 0.5) is 0 Å². The first-order valence-corrected chi connectivity index (χ1v) is 5.22. The van der Waals surface area contributed by atoms with E-state index in [1.54, 1.807) is 18.2 Å². The zero-order chi connectivity index (χ0) is 12.3. The number of aromatic nitrogens is 2. The molecule has 0 bridgehead atoms. The summed E-state index contributed by atoms with van der Waals surface area (Å²) in [6.45, 7) is 1.48. The molecule has 0 amide bonds. The first-order chi connectivity index (χ1) is 8.13. The highest BCUT2D eigenvalue weighted by atomic mass is 16.5. The van der Waals surface area contributed by atoms with Gasteiger partial charge in [-0.3, -0.25) is 4.79 Å². The molecule has 0 aliphatic heterocycles. The molecule has 1 aromatic carbocycles. The van der Waals surface area contributed by atoms with Crippen LogP contribution >= 0.6 is 0 Å². The number of Topliss-reactive ketones (excluding diaryl/α,β-unsaturated/α-hetero) is 1. The quantitative estimate of drug-likeness (QED) is 0.864. The first-order valence-electron chi connectivity index (χ1n) is 5.22. The van der Waals surface area contributed by atoms with Crippen LogP contribution in [0.2, 0.25) is 0 Å². The van der Waals surface area contributed by atoms with Crippen LogP contribution in [0, 0.1) is 0 Å². The van der Waals surface area contributed by atoms with Crippen molar-refractivity contribution in [3.05, 3.63) is 41.5 Å². The van der Waals surface area contributed by atoms with Gasteiger partial charge in [0.25, 0.3) is 0 Å². The molecule has 17 heavy (non-hydrogen) atoms. The Morgan fingerprint density at radius 3 is 3.00 bits per heavy atom. The van der Waals surface area contributed by atoms with E-state index in [4.69, 9.17) is 4.52 Å². The lowest BCUT2D eigenvalue weighted by Gasteiger charge is -1.96. The van der Waals surface area contributed by atoms with Crippen LogP contribution in [0.1, 0.15) is 24.2 Å². The van der Waals surface area contributed by atoms with Gasteiger partial charge in [-0.15, -0.1) is 0 Å². The summed E-state index contributed by atoms with van der Waals surface area (Å²) in [5.41, 5.74) is 0.878. The maximum absolute atomic E-state index is 10.9. The van der Waals surface area contributed by atoms with Crippen molar-refractivity contribution in [3.8, 4) is 5.75 Å².